The number of hydrogen-bond acceptors (Lipinski definition) is 2. The Bertz CT molecular complexity index is 176. The molecule has 0 saturated carbocycles. The number of hydrogen-bond donors (Lipinski definition) is 0. The van der Waals surface area contributed by atoms with Crippen LogP contribution in [0.15, 0.2) is 17.6 Å². The second-order valence-electron chi connectivity index (χ2n) is 3.14. The molecule has 1 rings (SSSR count). The van der Waals surface area contributed by atoms with Gasteiger partial charge in [0.25, 0.3) is 0 Å². The van der Waals surface area contributed by atoms with Gasteiger partial charge in [-0.2, -0.15) is 0 Å². The zero-order chi connectivity index (χ0) is 8.32. The lowest BCUT2D eigenvalue weighted by Gasteiger charge is -2.23. The zero-order valence-corrected chi connectivity index (χ0v) is 7.21. The molecule has 0 saturated heterocycles. The van der Waals surface area contributed by atoms with Crippen LogP contribution in [-0.4, -0.2) is 24.5 Å². The lowest BCUT2D eigenvalue weighted by Crippen LogP contribution is -2.30. The monoisotopic (exact) mass is 153 g/mol. The van der Waals surface area contributed by atoms with Gasteiger partial charge in [0.05, 0.1) is 6.10 Å². The maximum Gasteiger partial charge on any atom is 0.118 e. The average Bonchev–Trinajstić information content (AvgIpc) is 2.13. The second kappa shape index (κ2) is 3.18. The van der Waals surface area contributed by atoms with E-state index >= 15 is 0 Å². The first-order chi connectivity index (χ1) is 5.16. The molecular formula is C9H15NO. The van der Waals surface area contributed by atoms with E-state index in [1.165, 1.54) is 0 Å². The Morgan fingerprint density at radius 2 is 2.55 bits per heavy atom. The Kier molecular flexibility index (Phi) is 2.45. The maximum atomic E-state index is 5.68. The molecule has 2 nitrogen and oxygen atoms in total. The van der Waals surface area contributed by atoms with Crippen molar-refractivity contribution in [2.75, 3.05) is 6.54 Å². The van der Waals surface area contributed by atoms with E-state index in [1.54, 1.807) is 6.08 Å². The summed E-state index contributed by atoms with van der Waals surface area (Å²) in [5.41, 5.74) is -0.351. The molecule has 2 heteroatoms. The van der Waals surface area contributed by atoms with E-state index in [0.717, 1.165) is 13.0 Å². The molecule has 62 valence electrons. The topological polar surface area (TPSA) is 21.6 Å². The van der Waals surface area contributed by atoms with Crippen LogP contribution < -0.4 is 0 Å². The number of nitrogens with zero attached hydrogens (tertiary/aromatic N) is 1. The molecule has 0 radical (unpaired) electrons. The summed E-state index contributed by atoms with van der Waals surface area (Å²) in [5, 5.41) is 0. The van der Waals surface area contributed by atoms with E-state index in [-0.39, 0.29) is 11.7 Å². The van der Waals surface area contributed by atoms with Gasteiger partial charge in [-0.1, -0.05) is 12.7 Å². The van der Waals surface area contributed by atoms with Crippen molar-refractivity contribution in [3.8, 4) is 0 Å². The summed E-state index contributed by atoms with van der Waals surface area (Å²) < 4.78 is 5.68. The van der Waals surface area contributed by atoms with E-state index in [2.05, 4.69) is 18.5 Å². The largest absolute Gasteiger partial charge is 0.363 e. The number of aliphatic imine (C=N–C) groups is 1. The molecule has 1 heterocycles. The minimum absolute atomic E-state index is 0.278. The Morgan fingerprint density at radius 1 is 1.82 bits per heavy atom. The fraction of sp³-hybridized carbons (Fsp3) is 0.667. The van der Waals surface area contributed by atoms with E-state index in [0.29, 0.717) is 0 Å². The van der Waals surface area contributed by atoms with Gasteiger partial charge in [-0.15, -0.1) is 0 Å². The molecule has 0 fully saturated rings. The standard InChI is InChI=1S/C9H15NO/c1-4-9(3)7-10-6-5-8(2)11-9/h4,7-8H,1,5-6H2,2-3H3. The average molecular weight is 153 g/mol. The van der Waals surface area contributed by atoms with Crippen LogP contribution >= 0.6 is 0 Å². The van der Waals surface area contributed by atoms with E-state index in [4.69, 9.17) is 4.74 Å². The van der Waals surface area contributed by atoms with Gasteiger partial charge in [-0.25, -0.2) is 0 Å². The molecular weight excluding hydrogens is 138 g/mol. The van der Waals surface area contributed by atoms with Crippen molar-refractivity contribution in [1.29, 1.82) is 0 Å². The van der Waals surface area contributed by atoms with Crippen LogP contribution in [0.25, 0.3) is 0 Å². The van der Waals surface area contributed by atoms with Crippen molar-refractivity contribution < 1.29 is 4.74 Å². The molecule has 0 aromatic heterocycles. The molecule has 0 amide bonds. The molecule has 0 aromatic rings. The summed E-state index contributed by atoms with van der Waals surface area (Å²) in [6.07, 6.45) is 4.90. The Labute approximate surface area is 68.0 Å². The van der Waals surface area contributed by atoms with Crippen molar-refractivity contribution >= 4 is 6.21 Å². The highest BCUT2D eigenvalue weighted by Crippen LogP contribution is 2.16. The molecule has 0 bridgehead atoms. The first-order valence-electron chi connectivity index (χ1n) is 3.99. The molecule has 0 N–H and O–H groups in total. The van der Waals surface area contributed by atoms with Crippen molar-refractivity contribution in [2.45, 2.75) is 32.0 Å². The highest BCUT2D eigenvalue weighted by molar-refractivity contribution is 5.71. The predicted molar refractivity (Wildman–Crippen MR) is 47.1 cm³/mol. The van der Waals surface area contributed by atoms with Gasteiger partial charge >= 0.3 is 0 Å². The molecule has 0 aromatic carbocycles. The molecule has 2 atom stereocenters. The fourth-order valence-corrected chi connectivity index (χ4v) is 1.13. The quantitative estimate of drug-likeness (QED) is 0.526. The molecule has 11 heavy (non-hydrogen) atoms. The molecule has 0 spiro atoms. The minimum Gasteiger partial charge on any atom is -0.363 e. The Morgan fingerprint density at radius 3 is 3.18 bits per heavy atom. The predicted octanol–water partition coefficient (Wildman–Crippen LogP) is 1.81. The van der Waals surface area contributed by atoms with Crippen molar-refractivity contribution in [3.63, 3.8) is 0 Å². The Hall–Kier alpha value is -0.630. The molecule has 2 unspecified atom stereocenters. The van der Waals surface area contributed by atoms with Gasteiger partial charge in [-0.3, -0.25) is 4.99 Å². The van der Waals surface area contributed by atoms with Crippen molar-refractivity contribution in [3.05, 3.63) is 12.7 Å². The molecule has 1 aliphatic rings. The van der Waals surface area contributed by atoms with Crippen molar-refractivity contribution in [1.82, 2.24) is 0 Å². The number of ether oxygens (including phenoxy) is 1. The highest BCUT2D eigenvalue weighted by Gasteiger charge is 2.22. The summed E-state index contributed by atoms with van der Waals surface area (Å²) in [6.45, 7) is 8.63. The first kappa shape index (κ1) is 8.47. The van der Waals surface area contributed by atoms with Crippen LogP contribution in [-0.2, 0) is 4.74 Å². The van der Waals surface area contributed by atoms with Crippen LogP contribution in [0.5, 0.6) is 0 Å². The minimum atomic E-state index is -0.351. The first-order valence-corrected chi connectivity index (χ1v) is 3.99. The van der Waals surface area contributed by atoms with Crippen LogP contribution in [0.3, 0.4) is 0 Å². The van der Waals surface area contributed by atoms with Crippen LogP contribution in [0.1, 0.15) is 20.3 Å². The van der Waals surface area contributed by atoms with Gasteiger partial charge in [-0.05, 0) is 20.3 Å². The summed E-state index contributed by atoms with van der Waals surface area (Å²) in [4.78, 5) is 4.22. The van der Waals surface area contributed by atoms with Gasteiger partial charge in [0, 0.05) is 12.8 Å². The third-order valence-electron chi connectivity index (χ3n) is 1.87. The summed E-state index contributed by atoms with van der Waals surface area (Å²) in [7, 11) is 0. The lowest BCUT2D eigenvalue weighted by molar-refractivity contribution is 0.00310. The molecule has 0 aliphatic carbocycles. The highest BCUT2D eigenvalue weighted by atomic mass is 16.5. The van der Waals surface area contributed by atoms with E-state index in [1.807, 2.05) is 13.1 Å². The van der Waals surface area contributed by atoms with Crippen LogP contribution in [0.4, 0.5) is 0 Å². The van der Waals surface area contributed by atoms with E-state index in [9.17, 15) is 0 Å². The summed E-state index contributed by atoms with van der Waals surface area (Å²) in [6, 6.07) is 0. The molecule has 1 aliphatic heterocycles. The number of rotatable bonds is 1. The van der Waals surface area contributed by atoms with E-state index < -0.39 is 0 Å². The summed E-state index contributed by atoms with van der Waals surface area (Å²) >= 11 is 0. The van der Waals surface area contributed by atoms with Crippen LogP contribution in [0.2, 0.25) is 0 Å². The lowest BCUT2D eigenvalue weighted by atomic mass is 10.1. The fourth-order valence-electron chi connectivity index (χ4n) is 1.13. The second-order valence-corrected chi connectivity index (χ2v) is 3.14. The SMILES string of the molecule is C=CC1(C)C=NCCC(C)O1. The summed E-state index contributed by atoms with van der Waals surface area (Å²) in [5.74, 6) is 0. The van der Waals surface area contributed by atoms with Crippen LogP contribution in [0, 0.1) is 0 Å². The Balaban J connectivity index is 2.70. The van der Waals surface area contributed by atoms with Gasteiger partial charge in [0.1, 0.15) is 5.60 Å². The van der Waals surface area contributed by atoms with Gasteiger partial charge < -0.3 is 4.74 Å². The smallest absolute Gasteiger partial charge is 0.118 e. The van der Waals surface area contributed by atoms with Gasteiger partial charge in [0.2, 0.25) is 0 Å². The normalized spacial score (nSPS) is 38.2. The third kappa shape index (κ3) is 2.15. The van der Waals surface area contributed by atoms with Gasteiger partial charge in [0.15, 0.2) is 0 Å². The van der Waals surface area contributed by atoms with Crippen molar-refractivity contribution in [2.24, 2.45) is 4.99 Å². The zero-order valence-electron chi connectivity index (χ0n) is 7.21. The maximum absolute atomic E-state index is 5.68. The third-order valence-corrected chi connectivity index (χ3v) is 1.87.